The first kappa shape index (κ1) is 13.5. The molecule has 112 valence electrons. The van der Waals surface area contributed by atoms with Crippen LogP contribution in [0.4, 0.5) is 5.69 Å². The summed E-state index contributed by atoms with van der Waals surface area (Å²) in [5.74, 6) is -0.601. The van der Waals surface area contributed by atoms with Gasteiger partial charge in [-0.05, 0) is 29.7 Å². The number of nitrogens with zero attached hydrogens (tertiary/aromatic N) is 2. The van der Waals surface area contributed by atoms with Crippen molar-refractivity contribution >= 4 is 28.3 Å². The second-order valence-corrected chi connectivity index (χ2v) is 5.49. The van der Waals surface area contributed by atoms with Gasteiger partial charge < -0.3 is 0 Å². The molecule has 0 aromatic heterocycles. The van der Waals surface area contributed by atoms with Crippen LogP contribution < -0.4 is 5.01 Å². The Morgan fingerprint density at radius 3 is 1.87 bits per heavy atom. The minimum Gasteiger partial charge on any atom is -0.278 e. The zero-order valence-electron chi connectivity index (χ0n) is 12.6. The number of amides is 2. The van der Waals surface area contributed by atoms with Gasteiger partial charge in [0.15, 0.2) is 0 Å². The van der Waals surface area contributed by atoms with E-state index in [1.54, 1.807) is 24.2 Å². The molecule has 0 unspecified atom stereocenters. The van der Waals surface area contributed by atoms with Crippen LogP contribution in [0.3, 0.4) is 0 Å². The monoisotopic (exact) mass is 302 g/mol. The van der Waals surface area contributed by atoms with Crippen molar-refractivity contribution in [2.75, 3.05) is 12.1 Å². The molecule has 4 rings (SSSR count). The minimum absolute atomic E-state index is 0.300. The zero-order valence-corrected chi connectivity index (χ0v) is 12.6. The van der Waals surface area contributed by atoms with Crippen molar-refractivity contribution in [3.8, 4) is 0 Å². The molecule has 2 amide bonds. The van der Waals surface area contributed by atoms with Gasteiger partial charge in [0.25, 0.3) is 11.8 Å². The molecule has 4 nitrogen and oxygen atoms in total. The van der Waals surface area contributed by atoms with Crippen molar-refractivity contribution in [1.82, 2.24) is 5.01 Å². The smallest absolute Gasteiger partial charge is 0.278 e. The molecule has 1 aliphatic heterocycles. The maximum Gasteiger partial charge on any atom is 0.280 e. The lowest BCUT2D eigenvalue weighted by atomic mass is 9.95. The van der Waals surface area contributed by atoms with Gasteiger partial charge in [0.1, 0.15) is 0 Å². The summed E-state index contributed by atoms with van der Waals surface area (Å²) in [4.78, 5) is 25.8. The quantitative estimate of drug-likeness (QED) is 0.680. The maximum atomic E-state index is 12.9. The number of hydrazine groups is 1. The number of carbonyl (C=O) groups excluding carboxylic acids is 2. The molecular formula is C19H14N2O2. The number of anilines is 1. The molecule has 0 saturated carbocycles. The molecule has 3 aromatic carbocycles. The van der Waals surface area contributed by atoms with Crippen LogP contribution in [0.5, 0.6) is 0 Å². The maximum absolute atomic E-state index is 12.9. The normalized spacial score (nSPS) is 13.5. The van der Waals surface area contributed by atoms with Crippen molar-refractivity contribution in [2.24, 2.45) is 0 Å². The van der Waals surface area contributed by atoms with Crippen LogP contribution >= 0.6 is 0 Å². The molecule has 23 heavy (non-hydrogen) atoms. The van der Waals surface area contributed by atoms with E-state index in [4.69, 9.17) is 0 Å². The van der Waals surface area contributed by atoms with Crippen LogP contribution in [0.1, 0.15) is 20.7 Å². The summed E-state index contributed by atoms with van der Waals surface area (Å²) < 4.78 is 0. The highest BCUT2D eigenvalue weighted by atomic mass is 16.2. The van der Waals surface area contributed by atoms with Crippen molar-refractivity contribution in [3.05, 3.63) is 77.9 Å². The van der Waals surface area contributed by atoms with Crippen LogP contribution in [-0.4, -0.2) is 23.9 Å². The van der Waals surface area contributed by atoms with Crippen molar-refractivity contribution < 1.29 is 9.59 Å². The van der Waals surface area contributed by atoms with Crippen molar-refractivity contribution in [3.63, 3.8) is 0 Å². The summed E-state index contributed by atoms with van der Waals surface area (Å²) in [5.41, 5.74) is 1.89. The predicted octanol–water partition coefficient (Wildman–Crippen LogP) is 3.49. The van der Waals surface area contributed by atoms with E-state index in [1.807, 2.05) is 54.6 Å². The van der Waals surface area contributed by atoms with Crippen LogP contribution in [0.15, 0.2) is 66.7 Å². The molecule has 0 saturated heterocycles. The SMILES string of the molecule is CN(c1ccccc1)N1C(=O)c2cccc3cccc(c23)C1=O. The molecule has 0 fully saturated rings. The van der Waals surface area contributed by atoms with Crippen molar-refractivity contribution in [2.45, 2.75) is 0 Å². The Kier molecular flexibility index (Phi) is 2.91. The number of benzene rings is 3. The van der Waals surface area contributed by atoms with Gasteiger partial charge in [-0.15, -0.1) is 0 Å². The fourth-order valence-corrected chi connectivity index (χ4v) is 3.05. The lowest BCUT2D eigenvalue weighted by Gasteiger charge is -2.34. The average molecular weight is 302 g/mol. The summed E-state index contributed by atoms with van der Waals surface area (Å²) in [6, 6.07) is 20.4. The van der Waals surface area contributed by atoms with E-state index in [1.165, 1.54) is 5.01 Å². The number of para-hydroxylation sites is 1. The van der Waals surface area contributed by atoms with Gasteiger partial charge in [0.2, 0.25) is 0 Å². The summed E-state index contributed by atoms with van der Waals surface area (Å²) in [6.45, 7) is 0. The third-order valence-corrected chi connectivity index (χ3v) is 4.18. The number of carbonyl (C=O) groups is 2. The van der Waals surface area contributed by atoms with E-state index < -0.39 is 0 Å². The lowest BCUT2D eigenvalue weighted by Crippen LogP contribution is -2.50. The van der Waals surface area contributed by atoms with Gasteiger partial charge in [-0.3, -0.25) is 14.6 Å². The fourth-order valence-electron chi connectivity index (χ4n) is 3.05. The highest BCUT2D eigenvalue weighted by molar-refractivity contribution is 6.25. The van der Waals surface area contributed by atoms with Crippen LogP contribution in [-0.2, 0) is 0 Å². The van der Waals surface area contributed by atoms with Crippen LogP contribution in [0.25, 0.3) is 10.8 Å². The molecular weight excluding hydrogens is 288 g/mol. The number of rotatable bonds is 2. The minimum atomic E-state index is -0.300. The van der Waals surface area contributed by atoms with Gasteiger partial charge in [0, 0.05) is 12.4 Å². The Labute approximate surface area is 133 Å². The van der Waals surface area contributed by atoms with Gasteiger partial charge in [-0.25, -0.2) is 0 Å². The molecule has 0 spiro atoms. The largest absolute Gasteiger partial charge is 0.280 e. The van der Waals surface area contributed by atoms with Crippen LogP contribution in [0.2, 0.25) is 0 Å². The van der Waals surface area contributed by atoms with E-state index in [9.17, 15) is 9.59 Å². The molecule has 0 N–H and O–H groups in total. The Morgan fingerprint density at radius 1 is 0.739 bits per heavy atom. The average Bonchev–Trinajstić information content (AvgIpc) is 2.60. The van der Waals surface area contributed by atoms with E-state index in [0.29, 0.717) is 11.1 Å². The van der Waals surface area contributed by atoms with Gasteiger partial charge in [-0.1, -0.05) is 42.5 Å². The lowest BCUT2D eigenvalue weighted by molar-refractivity contribution is 0.0600. The van der Waals surface area contributed by atoms with Crippen LogP contribution in [0, 0.1) is 0 Å². The summed E-state index contributed by atoms with van der Waals surface area (Å²) in [7, 11) is 1.72. The fraction of sp³-hybridized carbons (Fsp3) is 0.0526. The van der Waals surface area contributed by atoms with Gasteiger partial charge in [0.05, 0.1) is 16.8 Å². The Balaban J connectivity index is 1.90. The summed E-state index contributed by atoms with van der Waals surface area (Å²) in [5, 5.41) is 4.44. The molecule has 4 heteroatoms. The molecule has 0 atom stereocenters. The second kappa shape index (κ2) is 4.95. The van der Waals surface area contributed by atoms with E-state index in [-0.39, 0.29) is 11.8 Å². The Hall–Kier alpha value is -3.14. The first-order valence-corrected chi connectivity index (χ1v) is 7.37. The molecule has 3 aromatic rings. The Bertz CT molecular complexity index is 884. The zero-order chi connectivity index (χ0) is 16.0. The third kappa shape index (κ3) is 1.92. The first-order chi connectivity index (χ1) is 11.2. The number of hydrogen-bond donors (Lipinski definition) is 0. The highest BCUT2D eigenvalue weighted by Crippen LogP contribution is 2.31. The molecule has 1 heterocycles. The van der Waals surface area contributed by atoms with E-state index in [0.717, 1.165) is 16.5 Å². The summed E-state index contributed by atoms with van der Waals surface area (Å²) in [6.07, 6.45) is 0. The van der Waals surface area contributed by atoms with Gasteiger partial charge >= 0.3 is 0 Å². The number of imide groups is 1. The molecule has 0 radical (unpaired) electrons. The van der Waals surface area contributed by atoms with E-state index >= 15 is 0 Å². The molecule has 0 aliphatic carbocycles. The van der Waals surface area contributed by atoms with E-state index in [2.05, 4.69) is 0 Å². The first-order valence-electron chi connectivity index (χ1n) is 7.37. The molecule has 1 aliphatic rings. The third-order valence-electron chi connectivity index (χ3n) is 4.18. The second-order valence-electron chi connectivity index (χ2n) is 5.49. The predicted molar refractivity (Wildman–Crippen MR) is 89.3 cm³/mol. The van der Waals surface area contributed by atoms with Crippen molar-refractivity contribution in [1.29, 1.82) is 0 Å². The standard InChI is InChI=1S/C19H14N2O2/c1-20(14-9-3-2-4-10-14)21-18(22)15-11-5-7-13-8-6-12-16(17(13)15)19(21)23/h2-12H,1H3. The Morgan fingerprint density at radius 2 is 1.30 bits per heavy atom. The highest BCUT2D eigenvalue weighted by Gasteiger charge is 2.35. The summed E-state index contributed by atoms with van der Waals surface area (Å²) >= 11 is 0. The number of hydrogen-bond acceptors (Lipinski definition) is 3. The molecule has 0 bridgehead atoms. The van der Waals surface area contributed by atoms with Gasteiger partial charge in [-0.2, -0.15) is 5.01 Å². The topological polar surface area (TPSA) is 40.6 Å².